The van der Waals surface area contributed by atoms with Crippen molar-refractivity contribution >= 4 is 23.0 Å². The van der Waals surface area contributed by atoms with Crippen LogP contribution in [0.25, 0.3) is 11.3 Å². The van der Waals surface area contributed by atoms with Gasteiger partial charge in [-0.1, -0.05) is 12.1 Å². The zero-order valence-corrected chi connectivity index (χ0v) is 15.8. The highest BCUT2D eigenvalue weighted by Crippen LogP contribution is 2.32. The molecule has 0 atom stereocenters. The van der Waals surface area contributed by atoms with Gasteiger partial charge >= 0.3 is 0 Å². The lowest BCUT2D eigenvalue weighted by atomic mass is 10.1. The number of hydrogen-bond acceptors (Lipinski definition) is 7. The Kier molecular flexibility index (Phi) is 5.25. The number of ether oxygens (including phenoxy) is 2. The topological polar surface area (TPSA) is 85.5 Å². The molecule has 1 aliphatic rings. The summed E-state index contributed by atoms with van der Waals surface area (Å²) < 4.78 is 11.0. The van der Waals surface area contributed by atoms with Gasteiger partial charge in [0.25, 0.3) is 0 Å². The van der Waals surface area contributed by atoms with Gasteiger partial charge < -0.3 is 25.4 Å². The molecule has 0 aliphatic carbocycles. The van der Waals surface area contributed by atoms with Crippen molar-refractivity contribution in [2.24, 2.45) is 0 Å². The molecular formula is C21H23N5O2. The standard InChI is InChI=1S/C21H23N5O2/c1-27-20-14-17(6-7-19(20)26-10-12-28-13-11-26)24-21-23-9-8-18(25-21)15-2-4-16(22)5-3-15/h2-9,14H,10-13,22H2,1H3,(H,23,24,25). The first-order valence-electron chi connectivity index (χ1n) is 9.19. The molecule has 0 spiro atoms. The number of rotatable bonds is 5. The predicted octanol–water partition coefficient (Wildman–Crippen LogP) is 3.31. The zero-order chi connectivity index (χ0) is 19.3. The van der Waals surface area contributed by atoms with Crippen LogP contribution in [0.2, 0.25) is 0 Å². The van der Waals surface area contributed by atoms with Crippen LogP contribution in [0.15, 0.2) is 54.7 Å². The first-order valence-corrected chi connectivity index (χ1v) is 9.19. The van der Waals surface area contributed by atoms with Crippen LogP contribution in [0.1, 0.15) is 0 Å². The molecule has 0 unspecified atom stereocenters. The second kappa shape index (κ2) is 8.14. The van der Waals surface area contributed by atoms with Crippen LogP contribution in [0.4, 0.5) is 23.0 Å². The third kappa shape index (κ3) is 3.99. The molecule has 0 bridgehead atoms. The van der Waals surface area contributed by atoms with Crippen LogP contribution in [0.3, 0.4) is 0 Å². The molecule has 1 saturated heterocycles. The Bertz CT molecular complexity index is 940. The molecule has 7 heteroatoms. The van der Waals surface area contributed by atoms with E-state index in [2.05, 4.69) is 26.3 Å². The van der Waals surface area contributed by atoms with Crippen molar-refractivity contribution < 1.29 is 9.47 Å². The third-order valence-corrected chi connectivity index (χ3v) is 4.65. The predicted molar refractivity (Wildman–Crippen MR) is 111 cm³/mol. The lowest BCUT2D eigenvalue weighted by Crippen LogP contribution is -2.36. The van der Waals surface area contributed by atoms with Crippen molar-refractivity contribution in [1.82, 2.24) is 9.97 Å². The molecule has 1 fully saturated rings. The van der Waals surface area contributed by atoms with Gasteiger partial charge in [0, 0.05) is 42.3 Å². The summed E-state index contributed by atoms with van der Waals surface area (Å²) >= 11 is 0. The fourth-order valence-electron chi connectivity index (χ4n) is 3.18. The number of nitrogens with two attached hydrogens (primary N) is 1. The highest BCUT2D eigenvalue weighted by atomic mass is 16.5. The maximum Gasteiger partial charge on any atom is 0.227 e. The summed E-state index contributed by atoms with van der Waals surface area (Å²) in [5, 5.41) is 3.26. The zero-order valence-electron chi connectivity index (χ0n) is 15.8. The Balaban J connectivity index is 1.55. The smallest absolute Gasteiger partial charge is 0.227 e. The third-order valence-electron chi connectivity index (χ3n) is 4.65. The van der Waals surface area contributed by atoms with Gasteiger partial charge in [-0.15, -0.1) is 0 Å². The minimum absolute atomic E-state index is 0.524. The van der Waals surface area contributed by atoms with Crippen molar-refractivity contribution in [2.45, 2.75) is 0 Å². The Hall–Kier alpha value is -3.32. The number of hydrogen-bond donors (Lipinski definition) is 2. The van der Waals surface area contributed by atoms with E-state index in [0.29, 0.717) is 5.95 Å². The van der Waals surface area contributed by atoms with Gasteiger partial charge in [-0.2, -0.15) is 0 Å². The van der Waals surface area contributed by atoms with E-state index in [-0.39, 0.29) is 0 Å². The number of morpholine rings is 1. The van der Waals surface area contributed by atoms with Gasteiger partial charge in [-0.3, -0.25) is 0 Å². The maximum atomic E-state index is 5.76. The number of anilines is 4. The highest BCUT2D eigenvalue weighted by Gasteiger charge is 2.16. The molecule has 1 aliphatic heterocycles. The van der Waals surface area contributed by atoms with Crippen molar-refractivity contribution in [3.05, 3.63) is 54.7 Å². The highest BCUT2D eigenvalue weighted by molar-refractivity contribution is 5.68. The van der Waals surface area contributed by atoms with Gasteiger partial charge in [0.1, 0.15) is 5.75 Å². The van der Waals surface area contributed by atoms with Crippen molar-refractivity contribution in [3.63, 3.8) is 0 Å². The molecule has 0 saturated carbocycles. The van der Waals surface area contributed by atoms with E-state index < -0.39 is 0 Å². The van der Waals surface area contributed by atoms with Crippen LogP contribution in [0.5, 0.6) is 5.75 Å². The fraction of sp³-hybridized carbons (Fsp3) is 0.238. The quantitative estimate of drug-likeness (QED) is 0.660. The summed E-state index contributed by atoms with van der Waals surface area (Å²) in [6.07, 6.45) is 1.74. The summed E-state index contributed by atoms with van der Waals surface area (Å²) in [5.74, 6) is 1.33. The van der Waals surface area contributed by atoms with Gasteiger partial charge in [0.2, 0.25) is 5.95 Å². The van der Waals surface area contributed by atoms with E-state index in [1.165, 1.54) is 0 Å². The van der Waals surface area contributed by atoms with Crippen molar-refractivity contribution in [3.8, 4) is 17.0 Å². The lowest BCUT2D eigenvalue weighted by Gasteiger charge is -2.30. The van der Waals surface area contributed by atoms with E-state index >= 15 is 0 Å². The second-order valence-corrected chi connectivity index (χ2v) is 6.50. The van der Waals surface area contributed by atoms with Crippen LogP contribution in [-0.2, 0) is 4.74 Å². The average molecular weight is 377 g/mol. The second-order valence-electron chi connectivity index (χ2n) is 6.50. The molecule has 3 N–H and O–H groups in total. The molecule has 0 amide bonds. The van der Waals surface area contributed by atoms with Crippen LogP contribution >= 0.6 is 0 Å². The number of nitrogens with zero attached hydrogens (tertiary/aromatic N) is 3. The summed E-state index contributed by atoms with van der Waals surface area (Å²) in [6.45, 7) is 3.18. The Morgan fingerprint density at radius 2 is 1.86 bits per heavy atom. The molecule has 3 aromatic rings. The summed E-state index contributed by atoms with van der Waals surface area (Å²) in [4.78, 5) is 11.2. The first kappa shape index (κ1) is 18.1. The number of methoxy groups -OCH3 is 1. The molecule has 0 radical (unpaired) electrons. The summed E-state index contributed by atoms with van der Waals surface area (Å²) in [6, 6.07) is 15.5. The number of aromatic nitrogens is 2. The van der Waals surface area contributed by atoms with Gasteiger partial charge in [0.15, 0.2) is 0 Å². The van der Waals surface area contributed by atoms with Crippen LogP contribution in [-0.4, -0.2) is 43.4 Å². The molecular weight excluding hydrogens is 354 g/mol. The van der Waals surface area contributed by atoms with Gasteiger partial charge in [-0.25, -0.2) is 9.97 Å². The van der Waals surface area contributed by atoms with E-state index in [0.717, 1.165) is 60.4 Å². The van der Waals surface area contributed by atoms with E-state index in [9.17, 15) is 0 Å². The molecule has 144 valence electrons. The van der Waals surface area contributed by atoms with Gasteiger partial charge in [0.05, 0.1) is 31.7 Å². The number of benzene rings is 2. The number of nitrogen functional groups attached to an aromatic ring is 1. The van der Waals surface area contributed by atoms with Crippen molar-refractivity contribution in [2.75, 3.05) is 49.4 Å². The van der Waals surface area contributed by atoms with Crippen LogP contribution < -0.4 is 20.7 Å². The monoisotopic (exact) mass is 377 g/mol. The fourth-order valence-corrected chi connectivity index (χ4v) is 3.18. The largest absolute Gasteiger partial charge is 0.495 e. The molecule has 2 heterocycles. The Labute approximate surface area is 164 Å². The molecule has 7 nitrogen and oxygen atoms in total. The Morgan fingerprint density at radius 3 is 2.61 bits per heavy atom. The minimum Gasteiger partial charge on any atom is -0.495 e. The average Bonchev–Trinajstić information content (AvgIpc) is 2.75. The summed E-state index contributed by atoms with van der Waals surface area (Å²) in [7, 11) is 1.68. The lowest BCUT2D eigenvalue weighted by molar-refractivity contribution is 0.122. The van der Waals surface area contributed by atoms with Crippen LogP contribution in [0, 0.1) is 0 Å². The summed E-state index contributed by atoms with van der Waals surface area (Å²) in [5.41, 5.74) is 10.2. The van der Waals surface area contributed by atoms with E-state index in [1.807, 2.05) is 42.5 Å². The molecule has 28 heavy (non-hydrogen) atoms. The Morgan fingerprint density at radius 1 is 1.07 bits per heavy atom. The maximum absolute atomic E-state index is 5.76. The molecule has 2 aromatic carbocycles. The van der Waals surface area contributed by atoms with E-state index in [1.54, 1.807) is 13.3 Å². The molecule has 1 aromatic heterocycles. The molecule has 4 rings (SSSR count). The SMILES string of the molecule is COc1cc(Nc2nccc(-c3ccc(N)cc3)n2)ccc1N1CCOCC1. The normalized spacial score (nSPS) is 14.0. The van der Waals surface area contributed by atoms with E-state index in [4.69, 9.17) is 15.2 Å². The van der Waals surface area contributed by atoms with Crippen molar-refractivity contribution in [1.29, 1.82) is 0 Å². The minimum atomic E-state index is 0.524. The van der Waals surface area contributed by atoms with Gasteiger partial charge in [-0.05, 0) is 30.3 Å². The number of nitrogens with one attached hydrogen (secondary N) is 1. The first-order chi connectivity index (χ1) is 13.7.